The van der Waals surface area contributed by atoms with Crippen LogP contribution in [0.3, 0.4) is 0 Å². The lowest BCUT2D eigenvalue weighted by atomic mass is 9.53. The summed E-state index contributed by atoms with van der Waals surface area (Å²) in [5, 5.41) is 3.10. The lowest BCUT2D eigenvalue weighted by Crippen LogP contribution is -2.58. The number of piperidine rings is 1. The Balaban J connectivity index is 1.02. The summed E-state index contributed by atoms with van der Waals surface area (Å²) in [7, 11) is 0. The van der Waals surface area contributed by atoms with Gasteiger partial charge < -0.3 is 20.7 Å². The van der Waals surface area contributed by atoms with Gasteiger partial charge in [-0.3, -0.25) is 14.0 Å². The zero-order valence-electron chi connectivity index (χ0n) is 20.2. The number of alkyl halides is 2. The van der Waals surface area contributed by atoms with E-state index in [4.69, 9.17) is 10.5 Å². The van der Waals surface area contributed by atoms with Crippen LogP contribution in [-0.2, 0) is 0 Å². The molecule has 2 aliphatic carbocycles. The van der Waals surface area contributed by atoms with Crippen LogP contribution in [0.1, 0.15) is 59.4 Å². The maximum Gasteiger partial charge on any atom is 0.270 e. The third kappa shape index (κ3) is 4.47. The Morgan fingerprint density at radius 2 is 1.86 bits per heavy atom. The molecule has 9 nitrogen and oxygen atoms in total. The largest absolute Gasteiger partial charge is 0.474 e. The maximum absolute atomic E-state index is 13.5. The average molecular weight is 511 g/mol. The molecule has 0 unspecified atom stereocenters. The third-order valence-corrected chi connectivity index (χ3v) is 7.92. The van der Waals surface area contributed by atoms with E-state index in [1.807, 2.05) is 17.0 Å². The predicted molar refractivity (Wildman–Crippen MR) is 131 cm³/mol. The summed E-state index contributed by atoms with van der Waals surface area (Å²) >= 11 is 0. The molecule has 194 valence electrons. The van der Waals surface area contributed by atoms with Crippen molar-refractivity contribution in [1.82, 2.24) is 19.7 Å². The van der Waals surface area contributed by atoms with Crippen molar-refractivity contribution in [2.45, 2.75) is 56.6 Å². The van der Waals surface area contributed by atoms with Gasteiger partial charge in [0.05, 0.1) is 6.20 Å². The van der Waals surface area contributed by atoms with Crippen LogP contribution in [0, 0.1) is 5.41 Å². The first-order chi connectivity index (χ1) is 17.7. The molecule has 0 aromatic carbocycles. The summed E-state index contributed by atoms with van der Waals surface area (Å²) in [6.07, 6.45) is 7.96. The first-order valence-corrected chi connectivity index (χ1v) is 12.5. The van der Waals surface area contributed by atoms with Crippen molar-refractivity contribution in [3.8, 4) is 5.88 Å². The Morgan fingerprint density at radius 3 is 2.59 bits per heavy atom. The Labute approximate surface area is 212 Å². The number of ether oxygens (including phenoxy) is 1. The molecule has 2 saturated carbocycles. The van der Waals surface area contributed by atoms with E-state index in [0.717, 1.165) is 31.4 Å². The molecule has 4 heterocycles. The smallest absolute Gasteiger partial charge is 0.270 e. The van der Waals surface area contributed by atoms with Gasteiger partial charge in [-0.1, -0.05) is 0 Å². The van der Waals surface area contributed by atoms with Gasteiger partial charge in [-0.25, -0.2) is 18.7 Å². The highest BCUT2D eigenvalue weighted by molar-refractivity contribution is 5.95. The molecule has 3 aromatic rings. The van der Waals surface area contributed by atoms with Gasteiger partial charge in [0.1, 0.15) is 23.0 Å². The molecule has 3 aromatic heterocycles. The number of hydrogen-bond donors (Lipinski definition) is 2. The van der Waals surface area contributed by atoms with Gasteiger partial charge in [0, 0.05) is 56.1 Å². The summed E-state index contributed by atoms with van der Waals surface area (Å²) in [6, 6.07) is 6.99. The quantitative estimate of drug-likeness (QED) is 0.527. The molecule has 11 heteroatoms. The van der Waals surface area contributed by atoms with Gasteiger partial charge in [0.15, 0.2) is 0 Å². The number of nitrogens with one attached hydrogen (secondary N) is 1. The number of aromatic nitrogens is 3. The van der Waals surface area contributed by atoms with Crippen LogP contribution >= 0.6 is 0 Å². The zero-order valence-corrected chi connectivity index (χ0v) is 20.2. The third-order valence-electron chi connectivity index (χ3n) is 7.92. The minimum Gasteiger partial charge on any atom is -0.474 e. The molecule has 0 radical (unpaired) electrons. The van der Waals surface area contributed by atoms with Gasteiger partial charge >= 0.3 is 0 Å². The van der Waals surface area contributed by atoms with Crippen molar-refractivity contribution >= 4 is 23.1 Å². The fourth-order valence-corrected chi connectivity index (χ4v) is 5.93. The van der Waals surface area contributed by atoms with Gasteiger partial charge in [-0.05, 0) is 49.3 Å². The molecule has 1 spiro atoms. The fourth-order valence-electron chi connectivity index (χ4n) is 5.93. The van der Waals surface area contributed by atoms with E-state index in [9.17, 15) is 18.4 Å². The van der Waals surface area contributed by atoms with Crippen molar-refractivity contribution < 1.29 is 23.1 Å². The fraction of sp³-hybridized carbons (Fsp3) is 0.462. The molecule has 1 aliphatic heterocycles. The molecule has 6 rings (SSSR count). The van der Waals surface area contributed by atoms with E-state index >= 15 is 0 Å². The number of halogens is 2. The van der Waals surface area contributed by atoms with Gasteiger partial charge in [-0.2, -0.15) is 0 Å². The van der Waals surface area contributed by atoms with E-state index in [0.29, 0.717) is 24.4 Å². The number of nitrogens with zero attached hydrogens (tertiary/aromatic N) is 4. The van der Waals surface area contributed by atoms with Gasteiger partial charge in [0.25, 0.3) is 17.7 Å². The first kappa shape index (κ1) is 23.6. The summed E-state index contributed by atoms with van der Waals surface area (Å²) in [5.41, 5.74) is 7.70. The number of imidazole rings is 1. The Kier molecular flexibility index (Phi) is 5.54. The van der Waals surface area contributed by atoms with Crippen molar-refractivity contribution in [2.24, 2.45) is 11.1 Å². The van der Waals surface area contributed by atoms with Crippen LogP contribution in [0.2, 0.25) is 0 Å². The van der Waals surface area contributed by atoms with Crippen molar-refractivity contribution in [1.29, 1.82) is 0 Å². The van der Waals surface area contributed by atoms with Crippen LogP contribution in [0.4, 0.5) is 14.5 Å². The molecule has 3 fully saturated rings. The second-order valence-electron chi connectivity index (χ2n) is 10.5. The number of carbonyl (C=O) groups is 2. The average Bonchev–Trinajstić information content (AvgIpc) is 3.25. The highest BCUT2D eigenvalue weighted by Gasteiger charge is 2.54. The number of carbonyl (C=O) groups excluding carboxylic acids is 2. The highest BCUT2D eigenvalue weighted by atomic mass is 19.3. The van der Waals surface area contributed by atoms with E-state index in [-0.39, 0.29) is 47.8 Å². The SMILES string of the molecule is NC(=O)c1cccnc1OC1CC2(CC(NC(=O)c3cnc4cc(N5CCC(F)(F)CC5)ccn34)C2)C1. The van der Waals surface area contributed by atoms with E-state index in [1.165, 1.54) is 0 Å². The lowest BCUT2D eigenvalue weighted by Gasteiger charge is -2.57. The maximum atomic E-state index is 13.5. The Hall–Kier alpha value is -3.76. The minimum atomic E-state index is -2.60. The first-order valence-electron chi connectivity index (χ1n) is 12.5. The standard InChI is InChI=1S/C26H28F2N6O3/c27-26(28)4-8-33(9-5-26)17-3-7-34-20(15-31-21(34)10-17)23(36)32-16-11-25(12-16)13-18(14-25)37-24-19(22(29)35)2-1-6-30-24/h1-3,6-7,10,15-16,18H,4-5,8-9,11-14H2,(H2,29,35)(H,32,36). The molecular weight excluding hydrogens is 482 g/mol. The molecule has 2 amide bonds. The number of rotatable bonds is 6. The molecule has 3 aliphatic rings. The van der Waals surface area contributed by atoms with Crippen molar-refractivity contribution in [3.63, 3.8) is 0 Å². The number of primary amides is 1. The van der Waals surface area contributed by atoms with Crippen LogP contribution in [0.15, 0.2) is 42.9 Å². The number of fused-ring (bicyclic) bond motifs is 1. The monoisotopic (exact) mass is 510 g/mol. The molecule has 1 saturated heterocycles. The molecule has 0 atom stereocenters. The van der Waals surface area contributed by atoms with Crippen LogP contribution in [0.25, 0.3) is 5.65 Å². The summed E-state index contributed by atoms with van der Waals surface area (Å²) < 4.78 is 34.6. The molecule has 3 N–H and O–H groups in total. The van der Waals surface area contributed by atoms with Crippen molar-refractivity contribution in [2.75, 3.05) is 18.0 Å². The van der Waals surface area contributed by atoms with Crippen LogP contribution < -0.4 is 20.7 Å². The Bertz CT molecular complexity index is 1350. The second kappa shape index (κ2) is 8.67. The Morgan fingerprint density at radius 1 is 1.11 bits per heavy atom. The van der Waals surface area contributed by atoms with Gasteiger partial charge in [0.2, 0.25) is 5.88 Å². The van der Waals surface area contributed by atoms with E-state index in [1.54, 1.807) is 35.1 Å². The molecule has 37 heavy (non-hydrogen) atoms. The van der Waals surface area contributed by atoms with Crippen molar-refractivity contribution in [3.05, 3.63) is 54.1 Å². The van der Waals surface area contributed by atoms with E-state index in [2.05, 4.69) is 15.3 Å². The number of anilines is 1. The van der Waals surface area contributed by atoms with Gasteiger partial charge in [-0.15, -0.1) is 0 Å². The summed E-state index contributed by atoms with van der Waals surface area (Å²) in [4.78, 5) is 35.0. The van der Waals surface area contributed by atoms with E-state index < -0.39 is 11.8 Å². The minimum absolute atomic E-state index is 0.0243. The molecular formula is C26H28F2N6O3. The summed E-state index contributed by atoms with van der Waals surface area (Å²) in [6.45, 7) is 0.585. The number of hydrogen-bond acceptors (Lipinski definition) is 6. The normalized spacial score (nSPS) is 26.4. The summed E-state index contributed by atoms with van der Waals surface area (Å²) in [5.74, 6) is -3.08. The highest BCUT2D eigenvalue weighted by Crippen LogP contribution is 2.56. The number of amides is 2. The number of nitrogens with two attached hydrogens (primary N) is 1. The topological polar surface area (TPSA) is 115 Å². The predicted octanol–water partition coefficient (Wildman–Crippen LogP) is 3.18. The lowest BCUT2D eigenvalue weighted by molar-refractivity contribution is -0.0848. The van der Waals surface area contributed by atoms with Crippen LogP contribution in [0.5, 0.6) is 5.88 Å². The second-order valence-corrected chi connectivity index (χ2v) is 10.5. The molecule has 0 bridgehead atoms. The number of pyridine rings is 2. The zero-order chi connectivity index (χ0) is 25.8. The van der Waals surface area contributed by atoms with Crippen LogP contribution in [-0.4, -0.2) is 57.3 Å².